The normalized spacial score (nSPS) is 12.6. The SMILES string of the molecule is CCc1ccc(-c2c(C)cnc3oc4ccccc4c23)[n+](C)c1.CCc1ccc(-c2c(C)ncc3oc4ccccc4c23)[n+](C)c1.[2H]C([2H])(C)c1ccc(-c2c(C)ccc3oc4ccncc4c23)[n+](C)c1.[2H]C([2H])(C)c1ccc(-c2c(C)ccc3oc4cnccc4c23)[n+](C)c1.[2H]C([2H])(C)c1ccc(-c2c(C)ccc3oc4ncccc4c23)[n+](C)c1. The lowest BCUT2D eigenvalue weighted by Gasteiger charge is -2.07. The van der Waals surface area contributed by atoms with Gasteiger partial charge in [-0.2, -0.15) is 0 Å². The molecule has 0 spiro atoms. The molecule has 5 aromatic carbocycles. The number of pyridine rings is 10. The number of hydrogen-bond acceptors (Lipinski definition) is 10. The summed E-state index contributed by atoms with van der Waals surface area (Å²) < 4.78 is 87.7. The van der Waals surface area contributed by atoms with E-state index in [4.69, 9.17) is 30.3 Å². The predicted octanol–water partition coefficient (Wildman–Crippen LogP) is 21.7. The van der Waals surface area contributed by atoms with Crippen molar-refractivity contribution in [2.24, 2.45) is 35.2 Å². The summed E-state index contributed by atoms with van der Waals surface area (Å²) in [6, 6.07) is 56.5. The van der Waals surface area contributed by atoms with E-state index in [1.165, 1.54) is 22.4 Å². The molecule has 0 aliphatic heterocycles. The van der Waals surface area contributed by atoms with Crippen LogP contribution in [0, 0.1) is 34.6 Å². The zero-order chi connectivity index (χ0) is 85.3. The fraction of sp³-hybridized carbons (Fsp3) is 0.200. The summed E-state index contributed by atoms with van der Waals surface area (Å²) >= 11 is 0. The lowest BCUT2D eigenvalue weighted by atomic mass is 9.98. The van der Waals surface area contributed by atoms with Gasteiger partial charge in [-0.1, -0.05) is 89.2 Å². The molecule has 0 N–H and O–H groups in total. The molecule has 0 fully saturated rings. The van der Waals surface area contributed by atoms with Crippen molar-refractivity contribution in [2.45, 2.75) is 101 Å². The third-order valence-corrected chi connectivity index (χ3v) is 21.9. The minimum Gasteiger partial charge on any atom is -0.456 e. The van der Waals surface area contributed by atoms with Gasteiger partial charge in [0.25, 0.3) is 0 Å². The molecule has 15 aromatic heterocycles. The Kier molecular flexibility index (Phi) is 19.0. The summed E-state index contributed by atoms with van der Waals surface area (Å²) in [5, 5.41) is 10.7. The van der Waals surface area contributed by atoms with Crippen molar-refractivity contribution < 1.29 is 53.1 Å². The number of aryl methyl sites for hydroxylation is 15. The summed E-state index contributed by atoms with van der Waals surface area (Å²) in [5.74, 6) is 0. The van der Waals surface area contributed by atoms with E-state index in [-0.39, 0.29) is 0 Å². The smallest absolute Gasteiger partial charge is 0.228 e. The standard InChI is InChI=1S/5C20H19N2O/c1-4-14-6-7-16(22(3)12-14)19-13(2)5-8-18-20(19)15-11-21-10-9-17(15)23-18;1-4-14-6-7-16(22(3)12-14)19-13(2)5-8-17-20(19)15-9-10-21-11-18(15)23-17;1-4-14-8-9-16(22(3)12-14)18-13(2)7-10-17-19(18)15-6-5-11-21-20(15)23-17;1-4-14-9-10-16(22(3)12-14)19-13(2)21-11-18-20(19)15-7-5-6-8-17(15)23-18;1-4-14-9-10-16(22(3)12-14)18-13(2)11-21-20-19(18)15-7-5-6-8-17(15)23-20/h5*5-12H,4H2,1-3H3/q5*+1/i3*4D2;;. The Morgan fingerprint density at radius 3 is 1.20 bits per heavy atom. The first-order valence-corrected chi connectivity index (χ1v) is 38.8. The van der Waals surface area contributed by atoms with Gasteiger partial charge in [-0.05, 0) is 174 Å². The molecule has 20 aromatic rings. The third kappa shape index (κ3) is 14.3. The van der Waals surface area contributed by atoms with Crippen LogP contribution in [0.4, 0.5) is 0 Å². The molecular weight excluding hydrogens is 1420 g/mol. The molecule has 15 heterocycles. The second kappa shape index (κ2) is 32.0. The highest BCUT2D eigenvalue weighted by Crippen LogP contribution is 2.43. The highest BCUT2D eigenvalue weighted by Gasteiger charge is 2.27. The largest absolute Gasteiger partial charge is 0.456 e. The van der Waals surface area contributed by atoms with Gasteiger partial charge < -0.3 is 22.1 Å². The number of para-hydroxylation sites is 2. The van der Waals surface area contributed by atoms with Crippen LogP contribution in [0.2, 0.25) is 0 Å². The summed E-state index contributed by atoms with van der Waals surface area (Å²) in [5.41, 5.74) is 29.3. The van der Waals surface area contributed by atoms with E-state index in [2.05, 4.69) is 164 Å². The van der Waals surface area contributed by atoms with Crippen molar-refractivity contribution in [3.05, 3.63) is 300 Å². The Balaban J connectivity index is 0.000000112. The van der Waals surface area contributed by atoms with E-state index in [9.17, 15) is 0 Å². The number of benzene rings is 5. The van der Waals surface area contributed by atoms with Gasteiger partial charge in [0, 0.05) is 146 Å². The molecule has 0 amide bonds. The van der Waals surface area contributed by atoms with Crippen LogP contribution in [0.5, 0.6) is 0 Å². The predicted molar refractivity (Wildman–Crippen MR) is 461 cm³/mol. The van der Waals surface area contributed by atoms with Crippen molar-refractivity contribution in [2.75, 3.05) is 0 Å². The maximum atomic E-state index is 7.93. The fourth-order valence-corrected chi connectivity index (χ4v) is 16.0. The quantitative estimate of drug-likeness (QED) is 0.121. The second-order valence-electron chi connectivity index (χ2n) is 29.2. The van der Waals surface area contributed by atoms with Gasteiger partial charge in [0.15, 0.2) is 42.2 Å². The lowest BCUT2D eigenvalue weighted by Crippen LogP contribution is -2.31. The Labute approximate surface area is 677 Å². The van der Waals surface area contributed by atoms with E-state index in [0.29, 0.717) is 28.1 Å². The molecule has 20 rings (SSSR count). The van der Waals surface area contributed by atoms with E-state index in [1.807, 2.05) is 187 Å². The maximum absolute atomic E-state index is 7.93. The number of fused-ring (bicyclic) bond motifs is 15. The highest BCUT2D eigenvalue weighted by molar-refractivity contribution is 6.16. The summed E-state index contributed by atoms with van der Waals surface area (Å²) in [4.78, 5) is 21.8. The van der Waals surface area contributed by atoms with Crippen molar-refractivity contribution in [1.29, 1.82) is 0 Å². The number of hydrogen-bond donors (Lipinski definition) is 0. The number of aromatic nitrogens is 10. The van der Waals surface area contributed by atoms with E-state index in [1.54, 1.807) is 45.6 Å². The van der Waals surface area contributed by atoms with Crippen LogP contribution in [0.25, 0.3) is 166 Å². The summed E-state index contributed by atoms with van der Waals surface area (Å²) in [6.07, 6.45) is 20.5. The highest BCUT2D eigenvalue weighted by atomic mass is 16.4. The molecule has 570 valence electrons. The van der Waals surface area contributed by atoms with E-state index in [0.717, 1.165) is 184 Å². The number of rotatable bonds is 10. The first-order chi connectivity index (χ1) is 57.9. The molecule has 0 aliphatic carbocycles. The van der Waals surface area contributed by atoms with Crippen molar-refractivity contribution in [3.8, 4) is 56.3 Å². The molecule has 0 atom stereocenters. The lowest BCUT2D eigenvalue weighted by molar-refractivity contribution is -0.660. The van der Waals surface area contributed by atoms with E-state index < -0.39 is 19.1 Å². The first-order valence-electron chi connectivity index (χ1n) is 41.8. The molecule has 0 aliphatic rings. The summed E-state index contributed by atoms with van der Waals surface area (Å²) in [7, 11) is 10.0. The van der Waals surface area contributed by atoms with Crippen molar-refractivity contribution >= 4 is 110 Å². The van der Waals surface area contributed by atoms with Crippen LogP contribution >= 0.6 is 0 Å². The Bertz CT molecular complexity index is 6830. The minimum atomic E-state index is -1.37. The zero-order valence-electron chi connectivity index (χ0n) is 73.5. The molecule has 0 unspecified atom stereocenters. The summed E-state index contributed by atoms with van der Waals surface area (Å²) in [6.45, 7) is 19.5. The van der Waals surface area contributed by atoms with Crippen LogP contribution in [-0.2, 0) is 67.2 Å². The molecule has 115 heavy (non-hydrogen) atoms. The van der Waals surface area contributed by atoms with Crippen LogP contribution in [0.3, 0.4) is 0 Å². The van der Waals surface area contributed by atoms with E-state index >= 15 is 0 Å². The Morgan fingerprint density at radius 2 is 0.670 bits per heavy atom. The molecule has 15 heteroatoms. The van der Waals surface area contributed by atoms with Gasteiger partial charge in [-0.3, -0.25) is 15.0 Å². The van der Waals surface area contributed by atoms with Crippen LogP contribution in [-0.4, -0.2) is 24.9 Å². The van der Waals surface area contributed by atoms with Crippen LogP contribution in [0.15, 0.2) is 266 Å². The first kappa shape index (κ1) is 68.4. The third-order valence-electron chi connectivity index (χ3n) is 21.9. The molecule has 0 radical (unpaired) electrons. The van der Waals surface area contributed by atoms with Crippen LogP contribution in [0.1, 0.15) is 98.6 Å². The Morgan fingerprint density at radius 1 is 0.278 bits per heavy atom. The molecule has 0 saturated carbocycles. The molecule has 15 nitrogen and oxygen atoms in total. The average molecular weight is 1520 g/mol. The van der Waals surface area contributed by atoms with Gasteiger partial charge in [0.1, 0.15) is 68.7 Å². The topological polar surface area (TPSA) is 150 Å². The number of nitrogens with zero attached hydrogens (tertiary/aromatic N) is 10. The van der Waals surface area contributed by atoms with Gasteiger partial charge >= 0.3 is 0 Å². The van der Waals surface area contributed by atoms with Crippen molar-refractivity contribution in [3.63, 3.8) is 0 Å². The second-order valence-corrected chi connectivity index (χ2v) is 29.2. The van der Waals surface area contributed by atoms with Gasteiger partial charge in [0.05, 0.1) is 51.3 Å². The molecular formula is C100H95N10O5+5. The Hall–Kier alpha value is -13.4. The molecule has 0 bridgehead atoms. The monoisotopic (exact) mass is 1520 g/mol. The fourth-order valence-electron chi connectivity index (χ4n) is 16.0. The van der Waals surface area contributed by atoms with Gasteiger partial charge in [-0.25, -0.2) is 32.8 Å². The maximum Gasteiger partial charge on any atom is 0.228 e. The van der Waals surface area contributed by atoms with Gasteiger partial charge in [-0.15, -0.1) is 0 Å². The van der Waals surface area contributed by atoms with Crippen LogP contribution < -0.4 is 22.8 Å². The minimum absolute atomic E-state index is 0.633. The van der Waals surface area contributed by atoms with Crippen molar-refractivity contribution in [1.82, 2.24) is 24.9 Å². The average Bonchev–Trinajstić information content (AvgIpc) is 1.65. The molecule has 0 saturated heterocycles. The zero-order valence-corrected chi connectivity index (χ0v) is 67.5. The number of furan rings is 5. The van der Waals surface area contributed by atoms with Gasteiger partial charge in [0.2, 0.25) is 39.9 Å².